The van der Waals surface area contributed by atoms with Crippen LogP contribution in [0.25, 0.3) is 0 Å². The van der Waals surface area contributed by atoms with Gasteiger partial charge in [-0.3, -0.25) is 0 Å². The van der Waals surface area contributed by atoms with Crippen molar-refractivity contribution in [3.63, 3.8) is 0 Å². The molecule has 0 spiro atoms. The Balaban J connectivity index is 2.54. The molecule has 1 aromatic carbocycles. The van der Waals surface area contributed by atoms with Gasteiger partial charge >= 0.3 is 0 Å². The summed E-state index contributed by atoms with van der Waals surface area (Å²) in [6.45, 7) is 16.9. The van der Waals surface area contributed by atoms with E-state index in [0.29, 0.717) is 0 Å². The summed E-state index contributed by atoms with van der Waals surface area (Å²) in [5.74, 6) is 0.973. The van der Waals surface area contributed by atoms with E-state index in [2.05, 4.69) is 72.0 Å². The minimum Gasteiger partial charge on any atom is -0.493 e. The van der Waals surface area contributed by atoms with Gasteiger partial charge in [-0.05, 0) is 57.9 Å². The van der Waals surface area contributed by atoms with Crippen molar-refractivity contribution in [3.05, 3.63) is 29.3 Å². The molecule has 1 rings (SSSR count). The molecule has 0 saturated carbocycles. The summed E-state index contributed by atoms with van der Waals surface area (Å²) in [6, 6.07) is 6.36. The molecule has 0 heterocycles. The lowest BCUT2D eigenvalue weighted by Gasteiger charge is -2.30. The van der Waals surface area contributed by atoms with Crippen LogP contribution in [0.5, 0.6) is 5.75 Å². The monoisotopic (exact) mass is 263 g/mol. The van der Waals surface area contributed by atoms with Crippen LogP contribution in [-0.4, -0.2) is 18.7 Å². The molecule has 2 nitrogen and oxygen atoms in total. The molecule has 0 aliphatic rings. The van der Waals surface area contributed by atoms with Crippen LogP contribution >= 0.6 is 0 Å². The van der Waals surface area contributed by atoms with E-state index in [0.717, 1.165) is 18.9 Å². The Morgan fingerprint density at radius 3 is 1.95 bits per heavy atom. The molecule has 0 aliphatic carbocycles. The number of ether oxygens (including phenoxy) is 1. The Morgan fingerprint density at radius 1 is 0.947 bits per heavy atom. The Labute approximate surface area is 118 Å². The van der Waals surface area contributed by atoms with Crippen molar-refractivity contribution >= 4 is 0 Å². The molecule has 1 N–H and O–H groups in total. The summed E-state index contributed by atoms with van der Waals surface area (Å²) in [7, 11) is 0. The van der Waals surface area contributed by atoms with Crippen molar-refractivity contribution in [2.75, 3.05) is 13.2 Å². The van der Waals surface area contributed by atoms with Crippen molar-refractivity contribution < 1.29 is 4.74 Å². The Kier molecular flexibility index (Phi) is 5.03. The fraction of sp³-hybridized carbons (Fsp3) is 0.647. The van der Waals surface area contributed by atoms with Crippen molar-refractivity contribution in [3.8, 4) is 5.75 Å². The van der Waals surface area contributed by atoms with Crippen LogP contribution in [0.3, 0.4) is 0 Å². The van der Waals surface area contributed by atoms with E-state index in [9.17, 15) is 0 Å². The number of hydrogen-bond acceptors (Lipinski definition) is 2. The van der Waals surface area contributed by atoms with Gasteiger partial charge in [0.1, 0.15) is 5.75 Å². The second-order valence-corrected chi connectivity index (χ2v) is 7.38. The van der Waals surface area contributed by atoms with Gasteiger partial charge in [0.05, 0.1) is 6.61 Å². The highest BCUT2D eigenvalue weighted by Crippen LogP contribution is 2.21. The van der Waals surface area contributed by atoms with E-state index >= 15 is 0 Å². The van der Waals surface area contributed by atoms with Crippen LogP contribution in [-0.2, 0) is 0 Å². The van der Waals surface area contributed by atoms with Gasteiger partial charge in [0, 0.05) is 17.5 Å². The van der Waals surface area contributed by atoms with E-state index in [1.54, 1.807) is 0 Å². The van der Waals surface area contributed by atoms with Gasteiger partial charge < -0.3 is 10.1 Å². The summed E-state index contributed by atoms with van der Waals surface area (Å²) >= 11 is 0. The van der Waals surface area contributed by atoms with Gasteiger partial charge in [0.2, 0.25) is 0 Å². The zero-order valence-electron chi connectivity index (χ0n) is 13.6. The van der Waals surface area contributed by atoms with Gasteiger partial charge in [0.25, 0.3) is 0 Å². The number of nitrogens with one attached hydrogen (secondary N) is 1. The second kappa shape index (κ2) is 5.96. The summed E-state index contributed by atoms with van der Waals surface area (Å²) in [6.07, 6.45) is 0. The first-order valence-electron chi connectivity index (χ1n) is 7.04. The normalized spacial score (nSPS) is 12.6. The van der Waals surface area contributed by atoms with Crippen LogP contribution in [0.2, 0.25) is 0 Å². The topological polar surface area (TPSA) is 21.3 Å². The maximum absolute atomic E-state index is 5.96. The highest BCUT2D eigenvalue weighted by molar-refractivity contribution is 5.33. The molecule has 0 aliphatic heterocycles. The van der Waals surface area contributed by atoms with Crippen molar-refractivity contribution in [2.24, 2.45) is 5.41 Å². The van der Waals surface area contributed by atoms with Gasteiger partial charge in [-0.1, -0.05) is 19.9 Å². The molecule has 0 fully saturated rings. The standard InChI is InChI=1S/C17H29NO/c1-13-8-14(2)10-15(9-13)19-12-17(6,7)11-18-16(3,4)5/h8-10,18H,11-12H2,1-7H3. The first kappa shape index (κ1) is 16.0. The fourth-order valence-electron chi connectivity index (χ4n) is 1.85. The summed E-state index contributed by atoms with van der Waals surface area (Å²) in [4.78, 5) is 0. The molecule has 0 aromatic heterocycles. The van der Waals surface area contributed by atoms with Crippen LogP contribution in [0.1, 0.15) is 45.7 Å². The lowest BCUT2D eigenvalue weighted by atomic mass is 9.93. The highest BCUT2D eigenvalue weighted by atomic mass is 16.5. The van der Waals surface area contributed by atoms with Crippen molar-refractivity contribution in [2.45, 2.75) is 54.0 Å². The SMILES string of the molecule is Cc1cc(C)cc(OCC(C)(C)CNC(C)(C)C)c1. The van der Waals surface area contributed by atoms with E-state index < -0.39 is 0 Å². The lowest BCUT2D eigenvalue weighted by molar-refractivity contribution is 0.165. The molecule has 0 bridgehead atoms. The van der Waals surface area contributed by atoms with E-state index in [-0.39, 0.29) is 11.0 Å². The van der Waals surface area contributed by atoms with Crippen LogP contribution < -0.4 is 10.1 Å². The molecule has 0 amide bonds. The van der Waals surface area contributed by atoms with Crippen LogP contribution in [0.15, 0.2) is 18.2 Å². The predicted octanol–water partition coefficient (Wildman–Crippen LogP) is 4.10. The van der Waals surface area contributed by atoms with Gasteiger partial charge in [-0.2, -0.15) is 0 Å². The lowest BCUT2D eigenvalue weighted by Crippen LogP contribution is -2.43. The average molecular weight is 263 g/mol. The van der Waals surface area contributed by atoms with Crippen molar-refractivity contribution in [1.29, 1.82) is 0 Å². The second-order valence-electron chi connectivity index (χ2n) is 7.38. The smallest absolute Gasteiger partial charge is 0.119 e. The number of rotatable bonds is 5. The highest BCUT2D eigenvalue weighted by Gasteiger charge is 2.21. The quantitative estimate of drug-likeness (QED) is 0.863. The third-order valence-electron chi connectivity index (χ3n) is 2.92. The average Bonchev–Trinajstić information content (AvgIpc) is 2.22. The minimum atomic E-state index is 0.116. The molecule has 0 atom stereocenters. The fourth-order valence-corrected chi connectivity index (χ4v) is 1.85. The molecular formula is C17H29NO. The van der Waals surface area contributed by atoms with Gasteiger partial charge in [0.15, 0.2) is 0 Å². The largest absolute Gasteiger partial charge is 0.493 e. The molecule has 1 aromatic rings. The van der Waals surface area contributed by atoms with E-state index in [1.165, 1.54) is 11.1 Å². The molecule has 19 heavy (non-hydrogen) atoms. The Bertz CT molecular complexity index is 396. The summed E-state index contributed by atoms with van der Waals surface area (Å²) in [5.41, 5.74) is 2.77. The summed E-state index contributed by atoms with van der Waals surface area (Å²) in [5, 5.41) is 3.54. The minimum absolute atomic E-state index is 0.116. The number of aryl methyl sites for hydroxylation is 2. The van der Waals surface area contributed by atoms with Gasteiger partial charge in [-0.15, -0.1) is 0 Å². The number of benzene rings is 1. The molecular weight excluding hydrogens is 234 g/mol. The molecule has 0 radical (unpaired) electrons. The molecule has 0 unspecified atom stereocenters. The molecule has 108 valence electrons. The number of hydrogen-bond donors (Lipinski definition) is 1. The first-order chi connectivity index (χ1) is 8.57. The van der Waals surface area contributed by atoms with Crippen molar-refractivity contribution in [1.82, 2.24) is 5.32 Å². The third-order valence-corrected chi connectivity index (χ3v) is 2.92. The molecule has 0 saturated heterocycles. The zero-order valence-corrected chi connectivity index (χ0v) is 13.6. The van der Waals surface area contributed by atoms with Gasteiger partial charge in [-0.25, -0.2) is 0 Å². The maximum atomic E-state index is 5.96. The van der Waals surface area contributed by atoms with E-state index in [1.807, 2.05) is 0 Å². The van der Waals surface area contributed by atoms with E-state index in [4.69, 9.17) is 4.74 Å². The zero-order chi connectivity index (χ0) is 14.7. The van der Waals surface area contributed by atoms with Crippen LogP contribution in [0.4, 0.5) is 0 Å². The summed E-state index contributed by atoms with van der Waals surface area (Å²) < 4.78 is 5.96. The Morgan fingerprint density at radius 2 is 1.47 bits per heavy atom. The predicted molar refractivity (Wildman–Crippen MR) is 82.9 cm³/mol. The Hall–Kier alpha value is -1.02. The third kappa shape index (κ3) is 6.63. The first-order valence-corrected chi connectivity index (χ1v) is 7.04. The van der Waals surface area contributed by atoms with Crippen LogP contribution in [0, 0.1) is 19.3 Å². The molecule has 2 heteroatoms. The maximum Gasteiger partial charge on any atom is 0.119 e.